The second-order valence-corrected chi connectivity index (χ2v) is 8.22. The van der Waals surface area contributed by atoms with Crippen LogP contribution in [0.15, 0.2) is 72.8 Å². The van der Waals surface area contributed by atoms with E-state index in [0.29, 0.717) is 17.2 Å². The third-order valence-electron chi connectivity index (χ3n) is 5.21. The topological polar surface area (TPSA) is 67.4 Å². The molecule has 3 aromatic carbocycles. The van der Waals surface area contributed by atoms with Gasteiger partial charge in [-0.2, -0.15) is 0 Å². The molecule has 166 valence electrons. The molecule has 0 aromatic heterocycles. The molecule has 0 spiro atoms. The molecular weight excluding hydrogens is 400 g/mol. The zero-order valence-corrected chi connectivity index (χ0v) is 19.0. The molecule has 2 N–H and O–H groups in total. The maximum absolute atomic E-state index is 12.7. The van der Waals surface area contributed by atoms with Crippen molar-refractivity contribution in [2.24, 2.45) is 0 Å². The van der Waals surface area contributed by atoms with Crippen LogP contribution in [0, 0.1) is 6.92 Å². The molecule has 0 aliphatic rings. The van der Waals surface area contributed by atoms with Gasteiger partial charge in [-0.25, -0.2) is 0 Å². The van der Waals surface area contributed by atoms with Gasteiger partial charge in [0.25, 0.3) is 11.8 Å². The summed E-state index contributed by atoms with van der Waals surface area (Å²) in [6, 6.07) is 22.5. The molecule has 3 rings (SSSR count). The first kappa shape index (κ1) is 23.1. The average molecular weight is 431 g/mol. The average Bonchev–Trinajstić information content (AvgIpc) is 2.78. The van der Waals surface area contributed by atoms with Crippen LogP contribution >= 0.6 is 0 Å². The van der Waals surface area contributed by atoms with Crippen molar-refractivity contribution in [3.05, 3.63) is 95.1 Å². The summed E-state index contributed by atoms with van der Waals surface area (Å²) in [6.07, 6.45) is 0. The SMILES string of the molecule is Cc1ccc(C(C)C)c(OCC(=O)Nc2cccc(C(=O)NC(C)c3ccccc3)c2)c1. The minimum absolute atomic E-state index is 0.107. The monoisotopic (exact) mass is 430 g/mol. The second kappa shape index (κ2) is 10.6. The van der Waals surface area contributed by atoms with Gasteiger partial charge in [-0.15, -0.1) is 0 Å². The van der Waals surface area contributed by atoms with Crippen LogP contribution in [0.4, 0.5) is 5.69 Å². The summed E-state index contributed by atoms with van der Waals surface area (Å²) in [5, 5.41) is 5.80. The Kier molecular flexibility index (Phi) is 7.66. The predicted molar refractivity (Wildman–Crippen MR) is 128 cm³/mol. The number of rotatable bonds is 8. The highest BCUT2D eigenvalue weighted by atomic mass is 16.5. The van der Waals surface area contributed by atoms with Crippen LogP contribution < -0.4 is 15.4 Å². The van der Waals surface area contributed by atoms with Gasteiger partial charge in [-0.1, -0.05) is 62.4 Å². The molecule has 0 saturated heterocycles. The number of benzene rings is 3. The predicted octanol–water partition coefficient (Wildman–Crippen LogP) is 5.63. The quantitative estimate of drug-likeness (QED) is 0.487. The summed E-state index contributed by atoms with van der Waals surface area (Å²) >= 11 is 0. The minimum atomic E-state index is -0.281. The molecule has 0 aliphatic carbocycles. The highest BCUT2D eigenvalue weighted by molar-refractivity contribution is 5.97. The summed E-state index contributed by atoms with van der Waals surface area (Å²) in [5.74, 6) is 0.534. The molecule has 5 heteroatoms. The van der Waals surface area contributed by atoms with Crippen molar-refractivity contribution in [3.8, 4) is 5.75 Å². The van der Waals surface area contributed by atoms with Gasteiger partial charge in [0.15, 0.2) is 6.61 Å². The molecule has 3 aromatic rings. The van der Waals surface area contributed by atoms with Gasteiger partial charge in [0.1, 0.15) is 5.75 Å². The number of amides is 2. The van der Waals surface area contributed by atoms with E-state index in [1.807, 2.05) is 62.4 Å². The Bertz CT molecular complexity index is 1080. The first-order chi connectivity index (χ1) is 15.3. The zero-order chi connectivity index (χ0) is 23.1. The number of aryl methyl sites for hydroxylation is 1. The molecule has 5 nitrogen and oxygen atoms in total. The number of hydrogen-bond acceptors (Lipinski definition) is 3. The largest absolute Gasteiger partial charge is 0.483 e. The molecule has 1 unspecified atom stereocenters. The van der Waals surface area contributed by atoms with Crippen LogP contribution in [0.2, 0.25) is 0 Å². The minimum Gasteiger partial charge on any atom is -0.483 e. The van der Waals surface area contributed by atoms with Gasteiger partial charge in [0, 0.05) is 11.3 Å². The second-order valence-electron chi connectivity index (χ2n) is 8.22. The van der Waals surface area contributed by atoms with E-state index in [9.17, 15) is 9.59 Å². The third kappa shape index (κ3) is 6.20. The molecule has 0 heterocycles. The summed E-state index contributed by atoms with van der Waals surface area (Å²) < 4.78 is 5.80. The van der Waals surface area contributed by atoms with E-state index in [4.69, 9.17) is 4.74 Å². The first-order valence-corrected chi connectivity index (χ1v) is 10.8. The van der Waals surface area contributed by atoms with E-state index < -0.39 is 0 Å². The fourth-order valence-electron chi connectivity index (χ4n) is 3.43. The number of nitrogens with one attached hydrogen (secondary N) is 2. The molecule has 2 amide bonds. The molecule has 0 aliphatic heterocycles. The van der Waals surface area contributed by atoms with Gasteiger partial charge in [0.2, 0.25) is 0 Å². The maximum Gasteiger partial charge on any atom is 0.262 e. The Balaban J connectivity index is 1.60. The lowest BCUT2D eigenvalue weighted by molar-refractivity contribution is -0.118. The third-order valence-corrected chi connectivity index (χ3v) is 5.21. The zero-order valence-electron chi connectivity index (χ0n) is 19.0. The summed E-state index contributed by atoms with van der Waals surface area (Å²) in [5.41, 5.74) is 4.20. The summed E-state index contributed by atoms with van der Waals surface area (Å²) in [7, 11) is 0. The Hall–Kier alpha value is -3.60. The van der Waals surface area contributed by atoms with Crippen LogP contribution in [-0.4, -0.2) is 18.4 Å². The van der Waals surface area contributed by atoms with Gasteiger partial charge in [-0.05, 0) is 60.7 Å². The Morgan fingerprint density at radius 1 is 0.906 bits per heavy atom. The number of anilines is 1. The van der Waals surface area contributed by atoms with Crippen LogP contribution in [-0.2, 0) is 4.79 Å². The van der Waals surface area contributed by atoms with Crippen molar-refractivity contribution < 1.29 is 14.3 Å². The van der Waals surface area contributed by atoms with Crippen molar-refractivity contribution in [1.29, 1.82) is 0 Å². The van der Waals surface area contributed by atoms with E-state index >= 15 is 0 Å². The molecule has 0 fully saturated rings. The van der Waals surface area contributed by atoms with Crippen molar-refractivity contribution in [2.75, 3.05) is 11.9 Å². The molecule has 1 atom stereocenters. The highest BCUT2D eigenvalue weighted by Gasteiger charge is 2.13. The lowest BCUT2D eigenvalue weighted by Gasteiger charge is -2.16. The number of carbonyl (C=O) groups is 2. The van der Waals surface area contributed by atoms with Gasteiger partial charge in [0.05, 0.1) is 6.04 Å². The van der Waals surface area contributed by atoms with E-state index in [0.717, 1.165) is 22.4 Å². The lowest BCUT2D eigenvalue weighted by Crippen LogP contribution is -2.27. The van der Waals surface area contributed by atoms with Crippen LogP contribution in [0.1, 0.15) is 59.8 Å². The highest BCUT2D eigenvalue weighted by Crippen LogP contribution is 2.27. The molecule has 0 bridgehead atoms. The van der Waals surface area contributed by atoms with Crippen molar-refractivity contribution in [1.82, 2.24) is 5.32 Å². The number of carbonyl (C=O) groups excluding carboxylic acids is 2. The molecular formula is C27H30N2O3. The molecule has 0 radical (unpaired) electrons. The van der Waals surface area contributed by atoms with Crippen molar-refractivity contribution in [2.45, 2.75) is 39.7 Å². The van der Waals surface area contributed by atoms with Crippen molar-refractivity contribution in [3.63, 3.8) is 0 Å². The summed E-state index contributed by atoms with van der Waals surface area (Å²) in [6.45, 7) is 8.00. The van der Waals surface area contributed by atoms with Crippen LogP contribution in [0.25, 0.3) is 0 Å². The fourth-order valence-corrected chi connectivity index (χ4v) is 3.43. The van der Waals surface area contributed by atoms with E-state index in [1.165, 1.54) is 0 Å². The van der Waals surface area contributed by atoms with Gasteiger partial charge in [-0.3, -0.25) is 9.59 Å². The van der Waals surface area contributed by atoms with E-state index in [2.05, 4.69) is 24.5 Å². The van der Waals surface area contributed by atoms with E-state index in [1.54, 1.807) is 24.3 Å². The first-order valence-electron chi connectivity index (χ1n) is 10.8. The van der Waals surface area contributed by atoms with Crippen LogP contribution in [0.3, 0.4) is 0 Å². The molecule has 0 saturated carbocycles. The van der Waals surface area contributed by atoms with Crippen molar-refractivity contribution >= 4 is 17.5 Å². The smallest absolute Gasteiger partial charge is 0.262 e. The summed E-state index contributed by atoms with van der Waals surface area (Å²) in [4.78, 5) is 25.1. The Labute approximate surface area is 189 Å². The maximum atomic E-state index is 12.7. The fraction of sp³-hybridized carbons (Fsp3) is 0.259. The van der Waals surface area contributed by atoms with Crippen LogP contribution in [0.5, 0.6) is 5.75 Å². The Morgan fingerprint density at radius 2 is 1.66 bits per heavy atom. The normalized spacial score (nSPS) is 11.7. The lowest BCUT2D eigenvalue weighted by atomic mass is 10.0. The number of ether oxygens (including phenoxy) is 1. The number of hydrogen-bond donors (Lipinski definition) is 2. The van der Waals surface area contributed by atoms with Gasteiger partial charge < -0.3 is 15.4 Å². The Morgan fingerprint density at radius 3 is 2.38 bits per heavy atom. The van der Waals surface area contributed by atoms with Gasteiger partial charge >= 0.3 is 0 Å². The molecule has 32 heavy (non-hydrogen) atoms. The standard InChI is InChI=1S/C27H30N2O3/c1-18(2)24-14-13-19(3)15-25(24)32-17-26(30)29-23-12-8-11-22(16-23)27(31)28-20(4)21-9-6-5-7-10-21/h5-16,18,20H,17H2,1-4H3,(H,28,31)(H,29,30). The van der Waals surface area contributed by atoms with E-state index in [-0.39, 0.29) is 24.5 Å².